The number of hydrogen-bond acceptors (Lipinski definition) is 3. The average molecular weight is 281 g/mol. The van der Waals surface area contributed by atoms with Crippen molar-refractivity contribution < 1.29 is 8.42 Å². The molecule has 0 unspecified atom stereocenters. The van der Waals surface area contributed by atoms with Gasteiger partial charge in [-0.3, -0.25) is 0 Å². The smallest absolute Gasteiger partial charge is 0.175 e. The summed E-state index contributed by atoms with van der Waals surface area (Å²) >= 11 is 0. The molecule has 0 amide bonds. The first-order valence-electron chi connectivity index (χ1n) is 7.03. The Labute approximate surface area is 116 Å². The summed E-state index contributed by atoms with van der Waals surface area (Å²) in [7, 11) is -3.10. The van der Waals surface area contributed by atoms with Crippen LogP contribution in [0.3, 0.4) is 0 Å². The molecule has 2 rings (SSSR count). The minimum atomic E-state index is -3.10. The zero-order chi connectivity index (χ0) is 13.9. The Morgan fingerprint density at radius 1 is 1.37 bits per heavy atom. The second-order valence-electron chi connectivity index (χ2n) is 5.48. The molecule has 1 atom stereocenters. The number of hydrogen-bond donors (Lipinski definition) is 0. The van der Waals surface area contributed by atoms with E-state index in [2.05, 4.69) is 17.9 Å². The lowest BCUT2D eigenvalue weighted by molar-refractivity contribution is 0.208. The molecule has 0 spiro atoms. The summed E-state index contributed by atoms with van der Waals surface area (Å²) in [4.78, 5) is 2.93. The van der Waals surface area contributed by atoms with Crippen molar-refractivity contribution in [2.45, 2.75) is 37.0 Å². The molecule has 0 saturated carbocycles. The lowest BCUT2D eigenvalue weighted by Gasteiger charge is -2.32. The zero-order valence-electron chi connectivity index (χ0n) is 11.8. The van der Waals surface area contributed by atoms with Gasteiger partial charge in [0, 0.05) is 12.8 Å². The lowest BCUT2D eigenvalue weighted by atomic mass is 9.90. The minimum absolute atomic E-state index is 0.442. The van der Waals surface area contributed by atoms with Gasteiger partial charge in [0.2, 0.25) is 0 Å². The van der Waals surface area contributed by atoms with Gasteiger partial charge in [-0.15, -0.1) is 0 Å². The van der Waals surface area contributed by atoms with Crippen molar-refractivity contribution in [3.05, 3.63) is 29.8 Å². The second-order valence-corrected chi connectivity index (χ2v) is 7.50. The van der Waals surface area contributed by atoms with Crippen LogP contribution in [0.15, 0.2) is 29.2 Å². The first-order valence-corrected chi connectivity index (χ1v) is 8.92. The largest absolute Gasteiger partial charge is 0.303 e. The van der Waals surface area contributed by atoms with Crippen LogP contribution in [0, 0.1) is 0 Å². The molecule has 0 aliphatic carbocycles. The molecule has 3 nitrogen and oxygen atoms in total. The fraction of sp³-hybridized carbons (Fsp3) is 0.600. The van der Waals surface area contributed by atoms with Crippen LogP contribution in [0.5, 0.6) is 0 Å². The molecule has 106 valence electrons. The molecule has 1 aromatic rings. The van der Waals surface area contributed by atoms with E-state index in [-0.39, 0.29) is 0 Å². The summed E-state index contributed by atoms with van der Waals surface area (Å²) in [6.45, 7) is 5.58. The number of sulfone groups is 1. The normalized spacial score (nSPS) is 21.5. The van der Waals surface area contributed by atoms with E-state index in [1.807, 2.05) is 12.1 Å². The molecule has 1 aliphatic rings. The third kappa shape index (κ3) is 3.80. The predicted molar refractivity (Wildman–Crippen MR) is 78.3 cm³/mol. The second kappa shape index (κ2) is 6.06. The van der Waals surface area contributed by atoms with Crippen LogP contribution < -0.4 is 0 Å². The highest BCUT2D eigenvalue weighted by atomic mass is 32.2. The highest BCUT2D eigenvalue weighted by molar-refractivity contribution is 7.90. The molecule has 0 radical (unpaired) electrons. The van der Waals surface area contributed by atoms with E-state index < -0.39 is 9.84 Å². The fourth-order valence-electron chi connectivity index (χ4n) is 2.85. The van der Waals surface area contributed by atoms with E-state index in [1.54, 1.807) is 6.07 Å². The molecule has 19 heavy (non-hydrogen) atoms. The Morgan fingerprint density at radius 2 is 2.16 bits per heavy atom. The van der Waals surface area contributed by atoms with Crippen molar-refractivity contribution in [3.63, 3.8) is 0 Å². The Balaban J connectivity index is 2.17. The maximum absolute atomic E-state index is 11.6. The van der Waals surface area contributed by atoms with Crippen LogP contribution in [0.4, 0.5) is 0 Å². The van der Waals surface area contributed by atoms with Crippen LogP contribution in [-0.4, -0.2) is 39.2 Å². The molecule has 1 aliphatic heterocycles. The van der Waals surface area contributed by atoms with E-state index >= 15 is 0 Å². The van der Waals surface area contributed by atoms with Gasteiger partial charge in [-0.1, -0.05) is 19.1 Å². The van der Waals surface area contributed by atoms with Gasteiger partial charge in [0.25, 0.3) is 0 Å². The van der Waals surface area contributed by atoms with Crippen LogP contribution in [0.1, 0.15) is 37.7 Å². The van der Waals surface area contributed by atoms with E-state index in [0.29, 0.717) is 10.8 Å². The monoisotopic (exact) mass is 281 g/mol. The van der Waals surface area contributed by atoms with Gasteiger partial charge < -0.3 is 4.90 Å². The first-order chi connectivity index (χ1) is 9.00. The van der Waals surface area contributed by atoms with Gasteiger partial charge in [0.15, 0.2) is 9.84 Å². The van der Waals surface area contributed by atoms with Crippen molar-refractivity contribution >= 4 is 9.84 Å². The molecular formula is C15H23NO2S. The van der Waals surface area contributed by atoms with E-state index in [1.165, 1.54) is 31.2 Å². The Morgan fingerprint density at radius 3 is 2.84 bits per heavy atom. The third-order valence-electron chi connectivity index (χ3n) is 3.80. The maximum Gasteiger partial charge on any atom is 0.175 e. The van der Waals surface area contributed by atoms with Crippen molar-refractivity contribution in [2.75, 3.05) is 25.9 Å². The number of likely N-dealkylation sites (tertiary alicyclic amines) is 1. The predicted octanol–water partition coefficient (Wildman–Crippen LogP) is 2.68. The quantitative estimate of drug-likeness (QED) is 0.851. The van der Waals surface area contributed by atoms with Gasteiger partial charge in [-0.05, 0) is 56.0 Å². The van der Waals surface area contributed by atoms with Crippen LogP contribution in [0.25, 0.3) is 0 Å². The van der Waals surface area contributed by atoms with Crippen molar-refractivity contribution in [1.29, 1.82) is 0 Å². The molecule has 0 aromatic heterocycles. The molecular weight excluding hydrogens is 258 g/mol. The SMILES string of the molecule is CCCN1CCC[C@H](c2cccc(S(C)(=O)=O)c2)C1. The lowest BCUT2D eigenvalue weighted by Crippen LogP contribution is -2.34. The number of nitrogens with zero attached hydrogens (tertiary/aromatic N) is 1. The number of benzene rings is 1. The van der Waals surface area contributed by atoms with E-state index in [0.717, 1.165) is 19.5 Å². The Hall–Kier alpha value is -0.870. The summed E-state index contributed by atoms with van der Waals surface area (Å²) in [5.74, 6) is 0.474. The van der Waals surface area contributed by atoms with Gasteiger partial charge in [0.05, 0.1) is 4.90 Å². The van der Waals surface area contributed by atoms with Crippen molar-refractivity contribution in [1.82, 2.24) is 4.90 Å². The summed E-state index contributed by atoms with van der Waals surface area (Å²) in [6, 6.07) is 7.47. The van der Waals surface area contributed by atoms with Gasteiger partial charge in [-0.25, -0.2) is 8.42 Å². The van der Waals surface area contributed by atoms with Gasteiger partial charge in [0.1, 0.15) is 0 Å². The minimum Gasteiger partial charge on any atom is -0.303 e. The van der Waals surface area contributed by atoms with E-state index in [4.69, 9.17) is 0 Å². The van der Waals surface area contributed by atoms with Gasteiger partial charge >= 0.3 is 0 Å². The summed E-state index contributed by atoms with van der Waals surface area (Å²) in [6.07, 6.45) is 4.81. The standard InChI is InChI=1S/C15H23NO2S/c1-3-9-16-10-5-7-14(12-16)13-6-4-8-15(11-13)19(2,17)18/h4,6,8,11,14H,3,5,7,9-10,12H2,1-2H3/t14-/m0/s1. The zero-order valence-corrected chi connectivity index (χ0v) is 12.6. The van der Waals surface area contributed by atoms with Crippen LogP contribution in [-0.2, 0) is 9.84 Å². The number of rotatable bonds is 4. The fourth-order valence-corrected chi connectivity index (χ4v) is 3.52. The topological polar surface area (TPSA) is 37.4 Å². The summed E-state index contributed by atoms with van der Waals surface area (Å²) in [5.41, 5.74) is 1.17. The molecule has 1 aromatic carbocycles. The Kier molecular flexibility index (Phi) is 4.63. The molecule has 1 heterocycles. The summed E-state index contributed by atoms with van der Waals surface area (Å²) in [5, 5.41) is 0. The average Bonchev–Trinajstić information content (AvgIpc) is 2.39. The summed E-state index contributed by atoms with van der Waals surface area (Å²) < 4.78 is 23.2. The maximum atomic E-state index is 11.6. The first kappa shape index (κ1) is 14.5. The highest BCUT2D eigenvalue weighted by Gasteiger charge is 2.21. The van der Waals surface area contributed by atoms with Crippen LogP contribution >= 0.6 is 0 Å². The molecule has 0 bridgehead atoms. The molecule has 1 saturated heterocycles. The molecule has 1 fully saturated rings. The van der Waals surface area contributed by atoms with Crippen molar-refractivity contribution in [3.8, 4) is 0 Å². The third-order valence-corrected chi connectivity index (χ3v) is 4.91. The van der Waals surface area contributed by atoms with Crippen LogP contribution in [0.2, 0.25) is 0 Å². The number of piperidine rings is 1. The highest BCUT2D eigenvalue weighted by Crippen LogP contribution is 2.28. The molecule has 4 heteroatoms. The van der Waals surface area contributed by atoms with Gasteiger partial charge in [-0.2, -0.15) is 0 Å². The molecule has 0 N–H and O–H groups in total. The van der Waals surface area contributed by atoms with Crippen molar-refractivity contribution in [2.24, 2.45) is 0 Å². The van der Waals surface area contributed by atoms with E-state index in [9.17, 15) is 8.42 Å². The Bertz CT molecular complexity index is 523.